The molecule has 0 aliphatic rings. The second-order valence-electron chi connectivity index (χ2n) is 3.88. The Morgan fingerprint density at radius 1 is 1.50 bits per heavy atom. The topological polar surface area (TPSA) is 31.4 Å². The molecule has 2 aromatic rings. The molecule has 0 aliphatic carbocycles. The highest BCUT2D eigenvalue weighted by Crippen LogP contribution is 2.37. The summed E-state index contributed by atoms with van der Waals surface area (Å²) in [6, 6.07) is 0. The van der Waals surface area contributed by atoms with Crippen molar-refractivity contribution in [1.82, 2.24) is 9.78 Å². The number of thiophene rings is 1. The Balaban J connectivity index is 2.62. The smallest absolute Gasteiger partial charge is 0.482 e. The Morgan fingerprint density at radius 2 is 2.22 bits per heavy atom. The number of nitrogens with zero attached hydrogens (tertiary/aromatic N) is 3. The first-order valence-electron chi connectivity index (χ1n) is 5.55. The van der Waals surface area contributed by atoms with E-state index < -0.39 is 0 Å². The van der Waals surface area contributed by atoms with Crippen LogP contribution in [0.5, 0.6) is 5.75 Å². The van der Waals surface area contributed by atoms with E-state index in [1.807, 2.05) is 20.8 Å². The molecule has 2 rings (SSSR count). The Kier molecular flexibility index (Phi) is 3.77. The van der Waals surface area contributed by atoms with E-state index in [1.54, 1.807) is 22.2 Å². The van der Waals surface area contributed by atoms with Crippen molar-refractivity contribution in [3.05, 3.63) is 33.1 Å². The third-order valence-electron chi connectivity index (χ3n) is 2.75. The zero-order valence-electron chi connectivity index (χ0n) is 10.5. The number of aryl methyl sites for hydroxylation is 3. The second kappa shape index (κ2) is 5.16. The molecule has 18 heavy (non-hydrogen) atoms. The maximum atomic E-state index is 7.16. The summed E-state index contributed by atoms with van der Waals surface area (Å²) < 4.78 is 7.11. The van der Waals surface area contributed by atoms with Gasteiger partial charge in [-0.05, 0) is 20.3 Å². The highest BCUT2D eigenvalue weighted by Gasteiger charge is 2.17. The molecule has 0 bridgehead atoms. The van der Waals surface area contributed by atoms with E-state index in [-0.39, 0.29) is 0 Å². The number of rotatable bonds is 3. The van der Waals surface area contributed by atoms with Gasteiger partial charge in [-0.2, -0.15) is 5.10 Å². The molecule has 2 radical (unpaired) electrons. The summed E-state index contributed by atoms with van der Waals surface area (Å²) >= 11 is 3.94. The van der Waals surface area contributed by atoms with Gasteiger partial charge in [-0.1, -0.05) is 6.92 Å². The predicted octanol–water partition coefficient (Wildman–Crippen LogP) is 3.13. The summed E-state index contributed by atoms with van der Waals surface area (Å²) in [5, 5.41) is 4.47. The van der Waals surface area contributed by atoms with E-state index >= 15 is 0 Å². The van der Waals surface area contributed by atoms with Gasteiger partial charge >= 0.3 is 16.6 Å². The molecule has 0 saturated heterocycles. The molecule has 90 valence electrons. The van der Waals surface area contributed by atoms with Crippen molar-refractivity contribution in [2.45, 2.75) is 27.2 Å². The maximum Gasteiger partial charge on any atom is 0.482 e. The summed E-state index contributed by atoms with van der Waals surface area (Å²) in [6.45, 7) is 13.2. The largest absolute Gasteiger partial charge is 0.651 e. The average molecular weight is 273 g/mol. The van der Waals surface area contributed by atoms with Crippen molar-refractivity contribution in [3.8, 4) is 11.4 Å². The van der Waals surface area contributed by atoms with Crippen LogP contribution in [0.4, 0.5) is 5.69 Å². The van der Waals surface area contributed by atoms with E-state index in [0.29, 0.717) is 5.69 Å². The summed E-state index contributed by atoms with van der Waals surface area (Å²) in [6.07, 6.45) is 2.53. The standard InChI is InChI=1S/C12H13N3OS.Al/c1-5-9-10(13-4)6-15(14-9)11-7(2)17-8(3)12(11)16;/h6,16H,5H2,1-3H3;/q;+1/p-1. The van der Waals surface area contributed by atoms with Crippen molar-refractivity contribution in [2.24, 2.45) is 0 Å². The molecule has 0 unspecified atom stereocenters. The van der Waals surface area contributed by atoms with E-state index in [2.05, 4.69) is 26.6 Å². The van der Waals surface area contributed by atoms with Crippen LogP contribution >= 0.6 is 11.3 Å². The molecular weight excluding hydrogens is 261 g/mol. The van der Waals surface area contributed by atoms with Crippen LogP contribution < -0.4 is 3.79 Å². The minimum absolute atomic E-state index is 0.607. The average Bonchev–Trinajstić information content (AvgIpc) is 2.88. The minimum atomic E-state index is 0.607. The van der Waals surface area contributed by atoms with Gasteiger partial charge in [0, 0.05) is 16.0 Å². The Bertz CT molecular complexity index is 624. The Labute approximate surface area is 119 Å². The monoisotopic (exact) mass is 273 g/mol. The zero-order chi connectivity index (χ0) is 13.3. The van der Waals surface area contributed by atoms with E-state index in [9.17, 15) is 0 Å². The summed E-state index contributed by atoms with van der Waals surface area (Å²) in [5.74, 6) is 0.809. The lowest BCUT2D eigenvalue weighted by Gasteiger charge is -2.07. The van der Waals surface area contributed by atoms with E-state index in [4.69, 9.17) is 10.4 Å². The molecule has 2 aromatic heterocycles. The quantitative estimate of drug-likeness (QED) is 0.635. The SMILES string of the molecule is [C-]#[N+]c1cn(-c2c(C)sc(C)c2[O][Al])nc1CC. The molecule has 0 atom stereocenters. The molecule has 0 saturated carbocycles. The molecule has 0 aromatic carbocycles. The van der Waals surface area contributed by atoms with Gasteiger partial charge in [0.15, 0.2) is 0 Å². The van der Waals surface area contributed by atoms with E-state index in [1.165, 1.54) is 0 Å². The van der Waals surface area contributed by atoms with Crippen LogP contribution in [-0.2, 0) is 6.42 Å². The first kappa shape index (κ1) is 13.2. The zero-order valence-corrected chi connectivity index (χ0v) is 12.5. The lowest BCUT2D eigenvalue weighted by Crippen LogP contribution is -1.99. The van der Waals surface area contributed by atoms with Crippen molar-refractivity contribution in [1.29, 1.82) is 0 Å². The van der Waals surface area contributed by atoms with Gasteiger partial charge in [-0.15, -0.1) is 11.3 Å². The third kappa shape index (κ3) is 2.06. The summed E-state index contributed by atoms with van der Waals surface area (Å²) in [7, 11) is 0. The van der Waals surface area contributed by atoms with Crippen LogP contribution in [0.2, 0.25) is 0 Å². The third-order valence-corrected chi connectivity index (χ3v) is 3.97. The van der Waals surface area contributed by atoms with Crippen LogP contribution in [-0.4, -0.2) is 26.4 Å². The molecular formula is C12H12AlN3OS. The molecule has 6 heteroatoms. The molecule has 0 fully saturated rings. The molecule has 0 aliphatic heterocycles. The predicted molar refractivity (Wildman–Crippen MR) is 72.9 cm³/mol. The van der Waals surface area contributed by atoms with Gasteiger partial charge in [0.05, 0.1) is 12.3 Å². The Morgan fingerprint density at radius 3 is 2.72 bits per heavy atom. The first-order valence-corrected chi connectivity index (χ1v) is 6.84. The maximum absolute atomic E-state index is 7.16. The molecule has 2 heterocycles. The van der Waals surface area contributed by atoms with Gasteiger partial charge in [-0.25, -0.2) is 9.53 Å². The fourth-order valence-electron chi connectivity index (χ4n) is 1.92. The van der Waals surface area contributed by atoms with Gasteiger partial charge in [-0.3, -0.25) is 0 Å². The van der Waals surface area contributed by atoms with Crippen molar-refractivity contribution >= 4 is 33.6 Å². The van der Waals surface area contributed by atoms with Crippen molar-refractivity contribution in [2.75, 3.05) is 0 Å². The molecule has 0 spiro atoms. The minimum Gasteiger partial charge on any atom is -0.651 e. The number of hydrogen-bond acceptors (Lipinski definition) is 3. The highest BCUT2D eigenvalue weighted by molar-refractivity contribution is 7.12. The first-order chi connectivity index (χ1) is 8.62. The fraction of sp³-hybridized carbons (Fsp3) is 0.333. The molecule has 0 N–H and O–H groups in total. The van der Waals surface area contributed by atoms with Gasteiger partial charge in [0.1, 0.15) is 11.4 Å². The number of hydrogen-bond donors (Lipinski definition) is 0. The van der Waals surface area contributed by atoms with Gasteiger partial charge in [0.2, 0.25) is 5.69 Å². The second-order valence-corrected chi connectivity index (χ2v) is 5.55. The molecule has 4 nitrogen and oxygen atoms in total. The normalized spacial score (nSPS) is 10.3. The van der Waals surface area contributed by atoms with E-state index in [0.717, 1.165) is 33.3 Å². The highest BCUT2D eigenvalue weighted by atomic mass is 32.1. The number of aromatic nitrogens is 2. The Hall–Kier alpha value is -1.27. The molecule has 0 amide bonds. The summed E-state index contributed by atoms with van der Waals surface area (Å²) in [5.41, 5.74) is 2.36. The van der Waals surface area contributed by atoms with Crippen LogP contribution in [0.1, 0.15) is 22.4 Å². The van der Waals surface area contributed by atoms with Gasteiger partial charge in [0.25, 0.3) is 0 Å². The van der Waals surface area contributed by atoms with Crippen molar-refractivity contribution in [3.63, 3.8) is 0 Å². The lowest BCUT2D eigenvalue weighted by atomic mass is 10.3. The van der Waals surface area contributed by atoms with Crippen LogP contribution in [0.25, 0.3) is 10.5 Å². The van der Waals surface area contributed by atoms with Crippen LogP contribution in [0.15, 0.2) is 6.20 Å². The van der Waals surface area contributed by atoms with Crippen LogP contribution in [0.3, 0.4) is 0 Å². The fourth-order valence-corrected chi connectivity index (χ4v) is 3.27. The van der Waals surface area contributed by atoms with Crippen LogP contribution in [0, 0.1) is 20.4 Å². The lowest BCUT2D eigenvalue weighted by molar-refractivity contribution is 0.604. The van der Waals surface area contributed by atoms with Crippen molar-refractivity contribution < 1.29 is 3.79 Å². The summed E-state index contributed by atoms with van der Waals surface area (Å²) in [4.78, 5) is 5.74. The van der Waals surface area contributed by atoms with Gasteiger partial charge < -0.3 is 3.79 Å².